The van der Waals surface area contributed by atoms with Gasteiger partial charge in [-0.1, -0.05) is 24.3 Å². The molecule has 43 heavy (non-hydrogen) atoms. The highest BCUT2D eigenvalue weighted by molar-refractivity contribution is 5.94. The lowest BCUT2D eigenvalue weighted by Crippen LogP contribution is -2.37. The summed E-state index contributed by atoms with van der Waals surface area (Å²) in [6.45, 7) is 6.77. The Labute approximate surface area is 245 Å². The van der Waals surface area contributed by atoms with Crippen molar-refractivity contribution in [2.75, 3.05) is 43.1 Å². The van der Waals surface area contributed by atoms with Gasteiger partial charge in [-0.05, 0) is 45.0 Å². The molecule has 1 aliphatic heterocycles. The maximum absolute atomic E-state index is 14.1. The Balaban J connectivity index is 1.45. The van der Waals surface area contributed by atoms with Gasteiger partial charge in [0.2, 0.25) is 17.7 Å². The van der Waals surface area contributed by atoms with Crippen LogP contribution in [0.5, 0.6) is 0 Å². The molecule has 2 aromatic heterocycles. The molecule has 4 aromatic rings. The Morgan fingerprint density at radius 3 is 2.35 bits per heavy atom. The maximum Gasteiger partial charge on any atom is 0.450 e. The molecule has 0 saturated carbocycles. The fourth-order valence-electron chi connectivity index (χ4n) is 4.44. The van der Waals surface area contributed by atoms with Crippen LogP contribution in [0.25, 0.3) is 28.2 Å². The van der Waals surface area contributed by atoms with Gasteiger partial charge in [-0.3, -0.25) is 9.36 Å². The number of ether oxygens (including phenoxy) is 2. The number of halogens is 3. The number of benzene rings is 2. The third kappa shape index (κ3) is 7.20. The minimum Gasteiger partial charge on any atom is -0.444 e. The standard InChI is InChI=1S/C29H30F3N7O4/c1-28(2,3)43-27(41)33-17-24(40)34-19-10-8-18(9-11-19)21-16-23(38-12-14-42-15-13-38)37-26(36-21)39-22-7-5-4-6-20(22)35-25(39)29(30,31)32/h4-11,16H,12-15,17H2,1-3H3,(H,33,41)(H,34,40). The molecule has 14 heteroatoms. The molecule has 0 radical (unpaired) electrons. The number of aromatic nitrogens is 4. The number of alkyl carbamates (subject to hydrolysis) is 1. The molecule has 0 bridgehead atoms. The van der Waals surface area contributed by atoms with Gasteiger partial charge in [-0.25, -0.2) is 14.8 Å². The van der Waals surface area contributed by atoms with E-state index in [-0.39, 0.29) is 23.5 Å². The minimum absolute atomic E-state index is 0.165. The van der Waals surface area contributed by atoms with Crippen molar-refractivity contribution in [2.45, 2.75) is 32.5 Å². The molecular formula is C29H30F3N7O4. The second kappa shape index (κ2) is 11.9. The van der Waals surface area contributed by atoms with Crippen molar-refractivity contribution >= 4 is 34.5 Å². The van der Waals surface area contributed by atoms with Gasteiger partial charge in [0.05, 0.1) is 29.9 Å². The van der Waals surface area contributed by atoms with Crippen LogP contribution in [0.4, 0.5) is 29.5 Å². The number of anilines is 2. The van der Waals surface area contributed by atoms with E-state index in [1.165, 1.54) is 12.1 Å². The highest BCUT2D eigenvalue weighted by Gasteiger charge is 2.39. The van der Waals surface area contributed by atoms with Crippen molar-refractivity contribution in [3.63, 3.8) is 0 Å². The second-order valence-corrected chi connectivity index (χ2v) is 10.7. The van der Waals surface area contributed by atoms with E-state index in [4.69, 9.17) is 9.47 Å². The van der Waals surface area contributed by atoms with Crippen LogP contribution in [0.3, 0.4) is 0 Å². The monoisotopic (exact) mass is 597 g/mol. The van der Waals surface area contributed by atoms with Gasteiger partial charge in [0.15, 0.2) is 0 Å². The summed E-state index contributed by atoms with van der Waals surface area (Å²) in [6, 6.07) is 14.6. The molecule has 1 saturated heterocycles. The fraction of sp³-hybridized carbons (Fsp3) is 0.345. The molecule has 0 atom stereocenters. The summed E-state index contributed by atoms with van der Waals surface area (Å²) in [5, 5.41) is 5.07. The van der Waals surface area contributed by atoms with Gasteiger partial charge in [0.1, 0.15) is 18.0 Å². The van der Waals surface area contributed by atoms with Crippen molar-refractivity contribution < 1.29 is 32.2 Å². The lowest BCUT2D eigenvalue weighted by molar-refractivity contribution is -0.145. The first-order valence-corrected chi connectivity index (χ1v) is 13.5. The number of hydrogen-bond acceptors (Lipinski definition) is 8. The fourth-order valence-corrected chi connectivity index (χ4v) is 4.44. The number of amides is 2. The molecule has 2 aromatic carbocycles. The van der Waals surface area contributed by atoms with E-state index in [1.807, 2.05) is 4.90 Å². The zero-order valence-corrected chi connectivity index (χ0v) is 23.7. The van der Waals surface area contributed by atoms with Gasteiger partial charge in [-0.15, -0.1) is 0 Å². The average molecular weight is 598 g/mol. The summed E-state index contributed by atoms with van der Waals surface area (Å²) >= 11 is 0. The zero-order valence-electron chi connectivity index (χ0n) is 23.7. The summed E-state index contributed by atoms with van der Waals surface area (Å²) in [7, 11) is 0. The van der Waals surface area contributed by atoms with Gasteiger partial charge in [0, 0.05) is 30.4 Å². The quantitative estimate of drug-likeness (QED) is 0.325. The Hall–Kier alpha value is -4.72. The van der Waals surface area contributed by atoms with E-state index in [2.05, 4.69) is 25.6 Å². The number of para-hydroxylation sites is 2. The molecule has 1 fully saturated rings. The number of rotatable bonds is 6. The lowest BCUT2D eigenvalue weighted by Gasteiger charge is -2.28. The number of carbonyl (C=O) groups is 2. The first-order valence-electron chi connectivity index (χ1n) is 13.5. The van der Waals surface area contributed by atoms with E-state index in [0.717, 1.165) is 4.57 Å². The van der Waals surface area contributed by atoms with E-state index in [1.54, 1.807) is 63.2 Å². The number of fused-ring (bicyclic) bond motifs is 1. The number of nitrogens with one attached hydrogen (secondary N) is 2. The average Bonchev–Trinajstić information content (AvgIpc) is 3.37. The molecule has 11 nitrogen and oxygen atoms in total. The van der Waals surface area contributed by atoms with Crippen molar-refractivity contribution in [3.8, 4) is 17.2 Å². The number of morpholine rings is 1. The summed E-state index contributed by atoms with van der Waals surface area (Å²) in [5.41, 5.74) is 1.10. The van der Waals surface area contributed by atoms with Gasteiger partial charge < -0.3 is 25.0 Å². The number of nitrogens with zero attached hydrogens (tertiary/aromatic N) is 5. The van der Waals surface area contributed by atoms with Gasteiger partial charge >= 0.3 is 12.3 Å². The Morgan fingerprint density at radius 2 is 1.67 bits per heavy atom. The number of carbonyl (C=O) groups excluding carboxylic acids is 2. The van der Waals surface area contributed by atoms with Crippen molar-refractivity contribution in [2.24, 2.45) is 0 Å². The Morgan fingerprint density at radius 1 is 0.977 bits per heavy atom. The normalized spacial score (nSPS) is 14.0. The predicted molar refractivity (Wildman–Crippen MR) is 153 cm³/mol. The first-order chi connectivity index (χ1) is 20.4. The Kier molecular flexibility index (Phi) is 8.22. The molecule has 2 amide bonds. The molecule has 0 spiro atoms. The largest absolute Gasteiger partial charge is 0.450 e. The summed E-state index contributed by atoms with van der Waals surface area (Å²) < 4.78 is 53.9. The van der Waals surface area contributed by atoms with Crippen molar-refractivity contribution in [3.05, 3.63) is 60.4 Å². The Bertz CT molecular complexity index is 1630. The highest BCUT2D eigenvalue weighted by Crippen LogP contribution is 2.34. The van der Waals surface area contributed by atoms with E-state index < -0.39 is 29.6 Å². The molecule has 0 aliphatic carbocycles. The van der Waals surface area contributed by atoms with Crippen LogP contribution in [-0.4, -0.2) is 70.0 Å². The zero-order chi connectivity index (χ0) is 30.8. The van der Waals surface area contributed by atoms with Crippen LogP contribution in [0.2, 0.25) is 0 Å². The molecule has 3 heterocycles. The predicted octanol–water partition coefficient (Wildman–Crippen LogP) is 4.80. The number of imidazole rings is 1. The van der Waals surface area contributed by atoms with Gasteiger partial charge in [0.25, 0.3) is 0 Å². The van der Waals surface area contributed by atoms with Crippen LogP contribution in [0.15, 0.2) is 54.6 Å². The van der Waals surface area contributed by atoms with E-state index in [0.29, 0.717) is 49.1 Å². The number of alkyl halides is 3. The minimum atomic E-state index is -4.75. The molecule has 0 unspecified atom stereocenters. The summed E-state index contributed by atoms with van der Waals surface area (Å²) in [6.07, 6.45) is -5.47. The smallest absolute Gasteiger partial charge is 0.444 e. The highest BCUT2D eigenvalue weighted by atomic mass is 19.4. The molecule has 226 valence electrons. The van der Waals surface area contributed by atoms with E-state index in [9.17, 15) is 22.8 Å². The van der Waals surface area contributed by atoms with Crippen LogP contribution in [0.1, 0.15) is 26.6 Å². The second-order valence-electron chi connectivity index (χ2n) is 10.7. The number of hydrogen-bond donors (Lipinski definition) is 2. The summed E-state index contributed by atoms with van der Waals surface area (Å²) in [5.74, 6) is -1.33. The lowest BCUT2D eigenvalue weighted by atomic mass is 10.1. The van der Waals surface area contributed by atoms with E-state index >= 15 is 0 Å². The van der Waals surface area contributed by atoms with Crippen LogP contribution >= 0.6 is 0 Å². The SMILES string of the molecule is CC(C)(C)OC(=O)NCC(=O)Nc1ccc(-c2cc(N3CCOCC3)nc(-n3c(C(F)(F)F)nc4ccccc43)n2)cc1. The molecule has 5 rings (SSSR count). The topological polar surface area (TPSA) is 124 Å². The van der Waals surface area contributed by atoms with Crippen LogP contribution in [-0.2, 0) is 20.4 Å². The third-order valence-electron chi connectivity index (χ3n) is 6.31. The first kappa shape index (κ1) is 29.8. The van der Waals surface area contributed by atoms with Crippen LogP contribution < -0.4 is 15.5 Å². The van der Waals surface area contributed by atoms with Gasteiger partial charge in [-0.2, -0.15) is 18.2 Å². The third-order valence-corrected chi connectivity index (χ3v) is 6.31. The molecule has 2 N–H and O–H groups in total. The van der Waals surface area contributed by atoms with Crippen molar-refractivity contribution in [1.82, 2.24) is 24.8 Å². The van der Waals surface area contributed by atoms with Crippen LogP contribution in [0, 0.1) is 0 Å². The molecular weight excluding hydrogens is 567 g/mol. The maximum atomic E-state index is 14.1. The van der Waals surface area contributed by atoms with Crippen molar-refractivity contribution in [1.29, 1.82) is 0 Å². The molecule has 1 aliphatic rings. The summed E-state index contributed by atoms with van der Waals surface area (Å²) in [4.78, 5) is 39.0.